The van der Waals surface area contributed by atoms with Gasteiger partial charge in [-0.2, -0.15) is 0 Å². The van der Waals surface area contributed by atoms with Crippen LogP contribution in [0.25, 0.3) is 0 Å². The van der Waals surface area contributed by atoms with Gasteiger partial charge in [-0.25, -0.2) is 13.1 Å². The predicted octanol–water partition coefficient (Wildman–Crippen LogP) is 0.560. The van der Waals surface area contributed by atoms with Crippen LogP contribution in [-0.4, -0.2) is 37.2 Å². The van der Waals surface area contributed by atoms with E-state index in [1.807, 2.05) is 0 Å². The van der Waals surface area contributed by atoms with Gasteiger partial charge in [0.1, 0.15) is 5.75 Å². The minimum atomic E-state index is -3.72. The summed E-state index contributed by atoms with van der Waals surface area (Å²) in [6, 6.07) is 8.22. The first kappa shape index (κ1) is 14.8. The minimum Gasteiger partial charge on any atom is -0.389 e. The lowest BCUT2D eigenvalue weighted by molar-refractivity contribution is 0.0854. The number of Topliss-reactive ketones (excluding diaryl/α,β-unsaturated/α-hetero) is 1. The molecule has 100 valence electrons. The number of ketones is 1. The number of carbonyl (C=O) groups is 1. The molecule has 1 aromatic rings. The van der Waals surface area contributed by atoms with Crippen LogP contribution in [0.1, 0.15) is 24.2 Å². The van der Waals surface area contributed by atoms with Gasteiger partial charge in [-0.15, -0.1) is 0 Å². The molecule has 2 N–H and O–H groups in total. The second-order valence-corrected chi connectivity index (χ2v) is 6.49. The Hall–Kier alpha value is -1.24. The molecule has 0 saturated heterocycles. The molecule has 0 aliphatic rings. The molecule has 18 heavy (non-hydrogen) atoms. The Kier molecular flexibility index (Phi) is 4.61. The Labute approximate surface area is 107 Å². The molecule has 0 atom stereocenters. The highest BCUT2D eigenvalue weighted by atomic mass is 32.2. The quantitative estimate of drug-likeness (QED) is 0.741. The van der Waals surface area contributed by atoms with Crippen LogP contribution in [0.2, 0.25) is 0 Å². The number of hydrogen-bond donors (Lipinski definition) is 2. The summed E-state index contributed by atoms with van der Waals surface area (Å²) >= 11 is 0. The molecule has 0 aromatic heterocycles. The van der Waals surface area contributed by atoms with Gasteiger partial charge in [-0.1, -0.05) is 30.3 Å². The molecule has 1 rings (SSSR count). The van der Waals surface area contributed by atoms with Gasteiger partial charge >= 0.3 is 0 Å². The SMILES string of the molecule is CC(C)(O)CNS(=O)(=O)CC(=O)c1ccccc1. The van der Waals surface area contributed by atoms with Crippen LogP contribution in [0.3, 0.4) is 0 Å². The first-order chi connectivity index (χ1) is 8.20. The number of nitrogens with one attached hydrogen (secondary N) is 1. The fourth-order valence-corrected chi connectivity index (χ4v) is 2.40. The van der Waals surface area contributed by atoms with Gasteiger partial charge in [0.25, 0.3) is 0 Å². The second-order valence-electron chi connectivity index (χ2n) is 4.68. The highest BCUT2D eigenvalue weighted by Crippen LogP contribution is 2.03. The van der Waals surface area contributed by atoms with Gasteiger partial charge in [0, 0.05) is 12.1 Å². The third-order valence-electron chi connectivity index (χ3n) is 2.14. The Bertz CT molecular complexity index is 503. The zero-order valence-corrected chi connectivity index (χ0v) is 11.2. The minimum absolute atomic E-state index is 0.128. The van der Waals surface area contributed by atoms with Gasteiger partial charge in [-0.05, 0) is 13.8 Å². The third-order valence-corrected chi connectivity index (χ3v) is 3.37. The smallest absolute Gasteiger partial charge is 0.219 e. The van der Waals surface area contributed by atoms with E-state index >= 15 is 0 Å². The van der Waals surface area contributed by atoms with Crippen molar-refractivity contribution in [3.63, 3.8) is 0 Å². The maximum atomic E-state index is 11.7. The average Bonchev–Trinajstić information content (AvgIpc) is 2.26. The van der Waals surface area contributed by atoms with E-state index in [0.29, 0.717) is 5.56 Å². The molecule has 0 radical (unpaired) electrons. The highest BCUT2D eigenvalue weighted by Gasteiger charge is 2.21. The lowest BCUT2D eigenvalue weighted by Gasteiger charge is -2.17. The van der Waals surface area contributed by atoms with Crippen LogP contribution >= 0.6 is 0 Å². The lowest BCUT2D eigenvalue weighted by Crippen LogP contribution is -2.40. The summed E-state index contributed by atoms with van der Waals surface area (Å²) < 4.78 is 25.4. The van der Waals surface area contributed by atoms with Crippen molar-refractivity contribution in [3.05, 3.63) is 35.9 Å². The van der Waals surface area contributed by atoms with E-state index < -0.39 is 27.2 Å². The number of sulfonamides is 1. The zero-order valence-electron chi connectivity index (χ0n) is 10.4. The summed E-state index contributed by atoms with van der Waals surface area (Å²) in [7, 11) is -3.72. The van der Waals surface area contributed by atoms with Gasteiger partial charge in [-0.3, -0.25) is 4.79 Å². The molecule has 0 aliphatic carbocycles. The maximum Gasteiger partial charge on any atom is 0.219 e. The first-order valence-electron chi connectivity index (χ1n) is 5.48. The van der Waals surface area contributed by atoms with Crippen LogP contribution in [0.15, 0.2) is 30.3 Å². The normalized spacial score (nSPS) is 12.4. The van der Waals surface area contributed by atoms with E-state index in [4.69, 9.17) is 0 Å². The van der Waals surface area contributed by atoms with E-state index in [0.717, 1.165) is 0 Å². The second kappa shape index (κ2) is 5.60. The summed E-state index contributed by atoms with van der Waals surface area (Å²) in [4.78, 5) is 11.7. The molecule has 0 amide bonds. The topological polar surface area (TPSA) is 83.5 Å². The molecule has 0 fully saturated rings. The zero-order chi connectivity index (χ0) is 13.8. The van der Waals surface area contributed by atoms with Gasteiger partial charge in [0.05, 0.1) is 5.60 Å². The van der Waals surface area contributed by atoms with E-state index in [9.17, 15) is 18.3 Å². The number of carbonyl (C=O) groups excluding carboxylic acids is 1. The average molecular weight is 271 g/mol. The molecule has 6 heteroatoms. The van der Waals surface area contributed by atoms with Gasteiger partial charge in [0.15, 0.2) is 5.78 Å². The number of rotatable bonds is 6. The Morgan fingerprint density at radius 2 is 1.83 bits per heavy atom. The van der Waals surface area contributed by atoms with Crippen LogP contribution < -0.4 is 4.72 Å². The van der Waals surface area contributed by atoms with Crippen molar-refractivity contribution in [2.45, 2.75) is 19.4 Å². The third kappa shape index (κ3) is 5.39. The summed E-state index contributed by atoms with van der Waals surface area (Å²) in [6.07, 6.45) is 0. The lowest BCUT2D eigenvalue weighted by atomic mass is 10.1. The van der Waals surface area contributed by atoms with Crippen molar-refractivity contribution < 1.29 is 18.3 Å². The molecule has 0 heterocycles. The monoisotopic (exact) mass is 271 g/mol. The molecular weight excluding hydrogens is 254 g/mol. The fourth-order valence-electron chi connectivity index (χ4n) is 1.22. The van der Waals surface area contributed by atoms with E-state index in [1.54, 1.807) is 30.3 Å². The molecule has 5 nitrogen and oxygen atoms in total. The van der Waals surface area contributed by atoms with Crippen molar-refractivity contribution in [2.24, 2.45) is 0 Å². The van der Waals surface area contributed by atoms with Gasteiger partial charge < -0.3 is 5.11 Å². The fraction of sp³-hybridized carbons (Fsp3) is 0.417. The van der Waals surface area contributed by atoms with Crippen LogP contribution in [0.5, 0.6) is 0 Å². The van der Waals surface area contributed by atoms with E-state index in [-0.39, 0.29) is 6.54 Å². The van der Waals surface area contributed by atoms with Crippen molar-refractivity contribution in [1.29, 1.82) is 0 Å². The summed E-state index contributed by atoms with van der Waals surface area (Å²) in [6.45, 7) is 2.83. The predicted molar refractivity (Wildman–Crippen MR) is 68.9 cm³/mol. The Balaban J connectivity index is 2.64. The van der Waals surface area contributed by atoms with Crippen LogP contribution in [0, 0.1) is 0 Å². The Morgan fingerprint density at radius 3 is 2.33 bits per heavy atom. The van der Waals surface area contributed by atoms with Crippen LogP contribution in [-0.2, 0) is 10.0 Å². The molecule has 0 spiro atoms. The summed E-state index contributed by atoms with van der Waals surface area (Å²) in [5.41, 5.74) is -0.797. The number of hydrogen-bond acceptors (Lipinski definition) is 4. The van der Waals surface area contributed by atoms with Crippen molar-refractivity contribution >= 4 is 15.8 Å². The maximum absolute atomic E-state index is 11.7. The van der Waals surface area contributed by atoms with Crippen LogP contribution in [0.4, 0.5) is 0 Å². The highest BCUT2D eigenvalue weighted by molar-refractivity contribution is 7.90. The van der Waals surface area contributed by atoms with Crippen molar-refractivity contribution in [2.75, 3.05) is 12.3 Å². The Morgan fingerprint density at radius 1 is 1.28 bits per heavy atom. The molecule has 1 aromatic carbocycles. The van der Waals surface area contributed by atoms with E-state index in [2.05, 4.69) is 4.72 Å². The molecule has 0 unspecified atom stereocenters. The molecule has 0 bridgehead atoms. The summed E-state index contributed by atoms with van der Waals surface area (Å²) in [5.74, 6) is -1.09. The standard InChI is InChI=1S/C12H17NO4S/c1-12(2,15)9-13-18(16,17)8-11(14)10-6-4-3-5-7-10/h3-7,13,15H,8-9H2,1-2H3. The molecule has 0 aliphatic heterocycles. The largest absolute Gasteiger partial charge is 0.389 e. The summed E-state index contributed by atoms with van der Waals surface area (Å²) in [5, 5.41) is 9.42. The number of aliphatic hydroxyl groups is 1. The van der Waals surface area contributed by atoms with Gasteiger partial charge in [0.2, 0.25) is 10.0 Å². The van der Waals surface area contributed by atoms with Crippen molar-refractivity contribution in [1.82, 2.24) is 4.72 Å². The first-order valence-corrected chi connectivity index (χ1v) is 7.13. The molecule has 0 saturated carbocycles. The number of benzene rings is 1. The van der Waals surface area contributed by atoms with Crippen molar-refractivity contribution in [3.8, 4) is 0 Å². The van der Waals surface area contributed by atoms with E-state index in [1.165, 1.54) is 13.8 Å². The molecular formula is C12H17NO4S.